The van der Waals surface area contributed by atoms with Crippen molar-refractivity contribution in [3.8, 4) is 0 Å². The van der Waals surface area contributed by atoms with E-state index in [0.29, 0.717) is 28.9 Å². The van der Waals surface area contributed by atoms with Gasteiger partial charge in [-0.2, -0.15) is 5.10 Å². The van der Waals surface area contributed by atoms with E-state index in [-0.39, 0.29) is 12.0 Å². The SMILES string of the molecule is CCOC(=O)c1c(SC)nn(C(C)C2CC2)c1N. The van der Waals surface area contributed by atoms with Crippen molar-refractivity contribution in [3.05, 3.63) is 5.56 Å². The molecule has 1 heterocycles. The lowest BCUT2D eigenvalue weighted by atomic mass is 10.2. The number of esters is 1. The van der Waals surface area contributed by atoms with Gasteiger partial charge in [-0.15, -0.1) is 11.8 Å². The van der Waals surface area contributed by atoms with Gasteiger partial charge in [0.25, 0.3) is 0 Å². The third-order valence-electron chi connectivity index (χ3n) is 3.28. The van der Waals surface area contributed by atoms with Gasteiger partial charge in [-0.05, 0) is 38.9 Å². The van der Waals surface area contributed by atoms with E-state index in [9.17, 15) is 4.79 Å². The number of nitrogens with zero attached hydrogens (tertiary/aromatic N) is 2. The van der Waals surface area contributed by atoms with E-state index in [1.165, 1.54) is 24.6 Å². The lowest BCUT2D eigenvalue weighted by Gasteiger charge is -2.12. The highest BCUT2D eigenvalue weighted by Crippen LogP contribution is 2.41. The summed E-state index contributed by atoms with van der Waals surface area (Å²) in [4.78, 5) is 11.9. The van der Waals surface area contributed by atoms with E-state index in [1.54, 1.807) is 11.6 Å². The Balaban J connectivity index is 2.35. The Bertz CT molecular complexity index is 454. The first-order chi connectivity index (χ1) is 8.60. The molecule has 1 aliphatic carbocycles. The first-order valence-corrected chi connectivity index (χ1v) is 7.41. The molecule has 100 valence electrons. The van der Waals surface area contributed by atoms with E-state index < -0.39 is 0 Å². The molecule has 0 bridgehead atoms. The monoisotopic (exact) mass is 269 g/mol. The van der Waals surface area contributed by atoms with Gasteiger partial charge in [0, 0.05) is 0 Å². The second-order valence-electron chi connectivity index (χ2n) is 4.51. The summed E-state index contributed by atoms with van der Waals surface area (Å²) in [7, 11) is 0. The molecule has 1 saturated carbocycles. The summed E-state index contributed by atoms with van der Waals surface area (Å²) < 4.78 is 6.81. The van der Waals surface area contributed by atoms with Gasteiger partial charge in [0.2, 0.25) is 0 Å². The van der Waals surface area contributed by atoms with Crippen molar-refractivity contribution in [1.29, 1.82) is 0 Å². The summed E-state index contributed by atoms with van der Waals surface area (Å²) in [5, 5.41) is 5.10. The lowest BCUT2D eigenvalue weighted by molar-refractivity contribution is 0.0523. The van der Waals surface area contributed by atoms with Crippen LogP contribution < -0.4 is 5.73 Å². The molecule has 2 N–H and O–H groups in total. The fourth-order valence-corrected chi connectivity index (χ4v) is 2.61. The molecule has 5 nitrogen and oxygen atoms in total. The van der Waals surface area contributed by atoms with E-state index in [4.69, 9.17) is 10.5 Å². The first kappa shape index (κ1) is 13.3. The second-order valence-corrected chi connectivity index (χ2v) is 5.31. The zero-order valence-electron chi connectivity index (χ0n) is 11.0. The highest BCUT2D eigenvalue weighted by Gasteiger charge is 2.33. The van der Waals surface area contributed by atoms with Gasteiger partial charge < -0.3 is 10.5 Å². The van der Waals surface area contributed by atoms with Crippen molar-refractivity contribution in [2.24, 2.45) is 5.92 Å². The largest absolute Gasteiger partial charge is 0.462 e. The maximum absolute atomic E-state index is 11.9. The zero-order valence-corrected chi connectivity index (χ0v) is 11.8. The van der Waals surface area contributed by atoms with E-state index >= 15 is 0 Å². The Morgan fingerprint density at radius 2 is 2.33 bits per heavy atom. The number of nitrogens with two attached hydrogens (primary N) is 1. The summed E-state index contributed by atoms with van der Waals surface area (Å²) in [5.74, 6) is 0.683. The van der Waals surface area contributed by atoms with Crippen LogP contribution in [-0.4, -0.2) is 28.6 Å². The molecule has 1 aliphatic rings. The van der Waals surface area contributed by atoms with Crippen molar-refractivity contribution in [2.45, 2.75) is 37.8 Å². The van der Waals surface area contributed by atoms with Gasteiger partial charge in [-0.1, -0.05) is 0 Å². The Morgan fingerprint density at radius 1 is 1.67 bits per heavy atom. The molecule has 0 amide bonds. The average molecular weight is 269 g/mol. The van der Waals surface area contributed by atoms with E-state index in [0.717, 1.165) is 0 Å². The molecule has 2 rings (SSSR count). The standard InChI is InChI=1S/C12H19N3O2S/c1-4-17-12(16)9-10(13)15(14-11(9)18-3)7(2)8-5-6-8/h7-8H,4-6,13H2,1-3H3. The number of ether oxygens (including phenoxy) is 1. The second kappa shape index (κ2) is 5.22. The number of carbonyl (C=O) groups is 1. The minimum absolute atomic E-state index is 0.249. The summed E-state index contributed by atoms with van der Waals surface area (Å²) in [6.45, 7) is 4.22. The van der Waals surface area contributed by atoms with Crippen LogP contribution in [0.2, 0.25) is 0 Å². The summed E-state index contributed by atoms with van der Waals surface area (Å²) >= 11 is 1.42. The number of carbonyl (C=O) groups excluding carboxylic acids is 1. The number of anilines is 1. The minimum Gasteiger partial charge on any atom is -0.462 e. The Morgan fingerprint density at radius 3 is 2.83 bits per heavy atom. The molecular weight excluding hydrogens is 250 g/mol. The first-order valence-electron chi connectivity index (χ1n) is 6.19. The van der Waals surface area contributed by atoms with Gasteiger partial charge in [0.05, 0.1) is 12.6 Å². The van der Waals surface area contributed by atoms with Crippen molar-refractivity contribution in [3.63, 3.8) is 0 Å². The smallest absolute Gasteiger partial charge is 0.344 e. The van der Waals surface area contributed by atoms with Crippen LogP contribution in [0.4, 0.5) is 5.82 Å². The highest BCUT2D eigenvalue weighted by molar-refractivity contribution is 7.98. The van der Waals surface area contributed by atoms with Gasteiger partial charge in [0.1, 0.15) is 16.4 Å². The number of hydrogen-bond acceptors (Lipinski definition) is 5. The number of hydrogen-bond donors (Lipinski definition) is 1. The maximum Gasteiger partial charge on any atom is 0.344 e. The Hall–Kier alpha value is -1.17. The molecule has 0 radical (unpaired) electrons. The Labute approximate surface area is 111 Å². The Kier molecular flexibility index (Phi) is 3.85. The molecule has 0 saturated heterocycles. The van der Waals surface area contributed by atoms with Crippen LogP contribution in [0.3, 0.4) is 0 Å². The molecule has 1 unspecified atom stereocenters. The van der Waals surface area contributed by atoms with Crippen molar-refractivity contribution in [1.82, 2.24) is 9.78 Å². The molecule has 6 heteroatoms. The van der Waals surface area contributed by atoms with Crippen LogP contribution in [0, 0.1) is 5.92 Å². The molecule has 0 aromatic carbocycles. The van der Waals surface area contributed by atoms with Gasteiger partial charge in [-0.25, -0.2) is 9.48 Å². The number of rotatable bonds is 5. The number of aromatic nitrogens is 2. The van der Waals surface area contributed by atoms with Crippen molar-refractivity contribution < 1.29 is 9.53 Å². The van der Waals surface area contributed by atoms with E-state index in [2.05, 4.69) is 12.0 Å². The molecule has 1 atom stereocenters. The average Bonchev–Trinajstić information content (AvgIpc) is 3.12. The maximum atomic E-state index is 11.9. The predicted molar refractivity (Wildman–Crippen MR) is 71.8 cm³/mol. The quantitative estimate of drug-likeness (QED) is 0.656. The molecular formula is C12H19N3O2S. The van der Waals surface area contributed by atoms with Crippen LogP contribution in [0.5, 0.6) is 0 Å². The topological polar surface area (TPSA) is 70.1 Å². The molecule has 0 spiro atoms. The molecule has 1 aromatic heterocycles. The van der Waals surface area contributed by atoms with Crippen LogP contribution >= 0.6 is 11.8 Å². The van der Waals surface area contributed by atoms with Gasteiger partial charge >= 0.3 is 5.97 Å². The van der Waals surface area contributed by atoms with Crippen molar-refractivity contribution >= 4 is 23.5 Å². The molecule has 18 heavy (non-hydrogen) atoms. The lowest BCUT2D eigenvalue weighted by Crippen LogP contribution is -2.14. The van der Waals surface area contributed by atoms with Gasteiger partial charge in [-0.3, -0.25) is 0 Å². The minimum atomic E-state index is -0.381. The third-order valence-corrected chi connectivity index (χ3v) is 3.95. The van der Waals surface area contributed by atoms with Gasteiger partial charge in [0.15, 0.2) is 0 Å². The highest BCUT2D eigenvalue weighted by atomic mass is 32.2. The summed E-state index contributed by atoms with van der Waals surface area (Å²) in [6.07, 6.45) is 4.31. The van der Waals surface area contributed by atoms with Crippen LogP contribution in [0.15, 0.2) is 5.03 Å². The summed E-state index contributed by atoms with van der Waals surface area (Å²) in [6, 6.07) is 0.249. The third kappa shape index (κ3) is 2.34. The molecule has 1 fully saturated rings. The molecule has 1 aromatic rings. The number of nitrogen functional groups attached to an aromatic ring is 1. The summed E-state index contributed by atoms with van der Waals surface area (Å²) in [5.41, 5.74) is 6.48. The fraction of sp³-hybridized carbons (Fsp3) is 0.667. The van der Waals surface area contributed by atoms with Crippen molar-refractivity contribution in [2.75, 3.05) is 18.6 Å². The fourth-order valence-electron chi connectivity index (χ4n) is 2.05. The number of thioether (sulfide) groups is 1. The van der Waals surface area contributed by atoms with Crippen LogP contribution in [-0.2, 0) is 4.74 Å². The molecule has 0 aliphatic heterocycles. The van der Waals surface area contributed by atoms with E-state index in [1.807, 2.05) is 6.26 Å². The normalized spacial score (nSPS) is 16.6. The van der Waals surface area contributed by atoms with Crippen LogP contribution in [0.25, 0.3) is 0 Å². The van der Waals surface area contributed by atoms with Crippen LogP contribution in [0.1, 0.15) is 43.1 Å². The zero-order chi connectivity index (χ0) is 13.3. The predicted octanol–water partition coefficient (Wildman–Crippen LogP) is 2.33.